The third-order valence-corrected chi connectivity index (χ3v) is 4.68. The van der Waals surface area contributed by atoms with Gasteiger partial charge in [-0.25, -0.2) is 8.42 Å². The van der Waals surface area contributed by atoms with Crippen molar-refractivity contribution >= 4 is 21.9 Å². The van der Waals surface area contributed by atoms with Gasteiger partial charge in [0.15, 0.2) is 0 Å². The lowest BCUT2D eigenvalue weighted by molar-refractivity contribution is -0.193. The Morgan fingerprint density at radius 1 is 1.21 bits per heavy atom. The summed E-state index contributed by atoms with van der Waals surface area (Å²) >= 11 is 0. The fourth-order valence-corrected chi connectivity index (χ4v) is 2.65. The van der Waals surface area contributed by atoms with E-state index in [1.807, 2.05) is 11.6 Å². The lowest BCUT2D eigenvalue weighted by atomic mass is 9.99. The number of carbonyl (C=O) groups is 2. The van der Waals surface area contributed by atoms with Crippen molar-refractivity contribution in [3.8, 4) is 0 Å². The van der Waals surface area contributed by atoms with Gasteiger partial charge < -0.3 is 4.74 Å². The van der Waals surface area contributed by atoms with Crippen LogP contribution in [0.5, 0.6) is 0 Å². The van der Waals surface area contributed by atoms with Crippen LogP contribution in [-0.2, 0) is 24.3 Å². The molecule has 0 bridgehead atoms. The minimum absolute atomic E-state index is 0.451. The number of ether oxygens (including phenoxy) is 1. The molecule has 0 aromatic heterocycles. The van der Waals surface area contributed by atoms with Crippen LogP contribution in [0.25, 0.3) is 0 Å². The van der Waals surface area contributed by atoms with Gasteiger partial charge in [-0.15, -0.1) is 0 Å². The van der Waals surface area contributed by atoms with Crippen molar-refractivity contribution < 1.29 is 35.9 Å². The van der Waals surface area contributed by atoms with Crippen LogP contribution in [0.3, 0.4) is 0 Å². The number of nitrogens with one attached hydrogen (secondary N) is 1. The van der Waals surface area contributed by atoms with Crippen LogP contribution in [-0.4, -0.2) is 38.8 Å². The summed E-state index contributed by atoms with van der Waals surface area (Å²) < 4.78 is 66.5. The lowest BCUT2D eigenvalue weighted by Gasteiger charge is -2.16. The van der Waals surface area contributed by atoms with Gasteiger partial charge in [0.05, 0.1) is 0 Å². The summed E-state index contributed by atoms with van der Waals surface area (Å²) in [5.74, 6) is -5.78. The SMILES string of the molecule is CCCCC(CC)C(=O)NS(=O)(=O)CCOC(=O)C(C)C(F)(F)F. The lowest BCUT2D eigenvalue weighted by Crippen LogP contribution is -2.38. The summed E-state index contributed by atoms with van der Waals surface area (Å²) in [6.07, 6.45) is -2.09. The number of hydrogen-bond acceptors (Lipinski definition) is 5. The number of unbranched alkanes of at least 4 members (excludes halogenated alkanes) is 1. The van der Waals surface area contributed by atoms with Crippen LogP contribution in [0, 0.1) is 11.8 Å². The van der Waals surface area contributed by atoms with Crippen molar-refractivity contribution in [2.24, 2.45) is 11.8 Å². The molecule has 0 spiro atoms. The summed E-state index contributed by atoms with van der Waals surface area (Å²) in [7, 11) is -4.08. The van der Waals surface area contributed by atoms with Crippen molar-refractivity contribution in [2.45, 2.75) is 52.6 Å². The molecule has 0 fully saturated rings. The van der Waals surface area contributed by atoms with Crippen LogP contribution in [0.2, 0.25) is 0 Å². The molecule has 0 aliphatic rings. The Labute approximate surface area is 140 Å². The molecule has 2 atom stereocenters. The normalized spacial score (nSPS) is 14.8. The molecule has 0 heterocycles. The number of carbonyl (C=O) groups excluding carboxylic acids is 2. The minimum Gasteiger partial charge on any atom is -0.464 e. The van der Waals surface area contributed by atoms with E-state index in [4.69, 9.17) is 0 Å². The molecule has 0 aliphatic heterocycles. The first-order valence-electron chi connectivity index (χ1n) is 7.72. The third kappa shape index (κ3) is 8.51. The first-order valence-corrected chi connectivity index (χ1v) is 9.37. The zero-order valence-electron chi connectivity index (χ0n) is 14.0. The topological polar surface area (TPSA) is 89.5 Å². The second-order valence-electron chi connectivity index (χ2n) is 5.46. The van der Waals surface area contributed by atoms with Gasteiger partial charge in [-0.1, -0.05) is 26.7 Å². The maximum Gasteiger partial charge on any atom is 0.401 e. The van der Waals surface area contributed by atoms with Crippen molar-refractivity contribution in [2.75, 3.05) is 12.4 Å². The fourth-order valence-electron chi connectivity index (χ4n) is 1.77. The zero-order valence-corrected chi connectivity index (χ0v) is 14.8. The average molecular weight is 375 g/mol. The van der Waals surface area contributed by atoms with E-state index in [0.29, 0.717) is 19.8 Å². The highest BCUT2D eigenvalue weighted by Gasteiger charge is 2.42. The molecule has 24 heavy (non-hydrogen) atoms. The van der Waals surface area contributed by atoms with Gasteiger partial charge in [-0.2, -0.15) is 13.2 Å². The maximum absolute atomic E-state index is 12.3. The predicted octanol–water partition coefficient (Wildman–Crippen LogP) is 2.39. The Hall–Kier alpha value is -1.32. The van der Waals surface area contributed by atoms with Crippen molar-refractivity contribution in [1.29, 1.82) is 0 Å². The van der Waals surface area contributed by atoms with Crippen LogP contribution in [0.1, 0.15) is 46.5 Å². The van der Waals surface area contributed by atoms with Crippen molar-refractivity contribution in [1.82, 2.24) is 4.72 Å². The molecule has 2 unspecified atom stereocenters. The van der Waals surface area contributed by atoms with Crippen molar-refractivity contribution in [3.05, 3.63) is 0 Å². The molecule has 10 heteroatoms. The van der Waals surface area contributed by atoms with E-state index in [9.17, 15) is 31.2 Å². The number of hydrogen-bond donors (Lipinski definition) is 1. The summed E-state index contributed by atoms with van der Waals surface area (Å²) in [6, 6.07) is 0. The number of sulfonamides is 1. The minimum atomic E-state index is -4.75. The van der Waals surface area contributed by atoms with Crippen molar-refractivity contribution in [3.63, 3.8) is 0 Å². The molecule has 0 aliphatic carbocycles. The highest BCUT2D eigenvalue weighted by molar-refractivity contribution is 7.90. The third-order valence-electron chi connectivity index (χ3n) is 3.47. The molecular weight excluding hydrogens is 351 g/mol. The van der Waals surface area contributed by atoms with Gasteiger partial charge in [0.2, 0.25) is 15.9 Å². The molecule has 0 saturated heterocycles. The highest BCUT2D eigenvalue weighted by atomic mass is 32.2. The summed E-state index contributed by atoms with van der Waals surface area (Å²) in [4.78, 5) is 23.0. The van der Waals surface area contributed by atoms with Crippen LogP contribution in [0.15, 0.2) is 0 Å². The maximum atomic E-state index is 12.3. The molecule has 1 amide bonds. The summed E-state index contributed by atoms with van der Waals surface area (Å²) in [5, 5.41) is 0. The van der Waals surface area contributed by atoms with E-state index < -0.39 is 52.3 Å². The first kappa shape index (κ1) is 22.7. The van der Waals surface area contributed by atoms with Gasteiger partial charge in [-0.05, 0) is 19.8 Å². The summed E-state index contributed by atoms with van der Waals surface area (Å²) in [5.41, 5.74) is 0. The van der Waals surface area contributed by atoms with E-state index >= 15 is 0 Å². The Morgan fingerprint density at radius 3 is 2.25 bits per heavy atom. The Kier molecular flexibility index (Phi) is 9.31. The Morgan fingerprint density at radius 2 is 1.79 bits per heavy atom. The molecule has 6 nitrogen and oxygen atoms in total. The van der Waals surface area contributed by atoms with Crippen LogP contribution in [0.4, 0.5) is 13.2 Å². The quantitative estimate of drug-likeness (QED) is 0.592. The smallest absolute Gasteiger partial charge is 0.401 e. The largest absolute Gasteiger partial charge is 0.464 e. The average Bonchev–Trinajstić information content (AvgIpc) is 2.45. The molecule has 1 N–H and O–H groups in total. The standard InChI is InChI=1S/C14H24F3NO5S/c1-4-6-7-11(5-2)12(19)18-24(21,22)9-8-23-13(20)10(3)14(15,16)17/h10-11H,4-9H2,1-3H3,(H,18,19). The van der Waals surface area contributed by atoms with E-state index in [0.717, 1.165) is 12.8 Å². The molecule has 0 aromatic carbocycles. The highest BCUT2D eigenvalue weighted by Crippen LogP contribution is 2.26. The number of amides is 1. The second-order valence-corrected chi connectivity index (χ2v) is 7.31. The van der Waals surface area contributed by atoms with Gasteiger partial charge in [-0.3, -0.25) is 14.3 Å². The molecule has 0 aromatic rings. The number of alkyl halides is 3. The first-order chi connectivity index (χ1) is 10.9. The summed E-state index contributed by atoms with van der Waals surface area (Å²) in [6.45, 7) is 3.57. The second kappa shape index (κ2) is 9.85. The van der Waals surface area contributed by atoms with E-state index in [2.05, 4.69) is 4.74 Å². The Bertz CT molecular complexity index is 519. The van der Waals surface area contributed by atoms with E-state index in [-0.39, 0.29) is 0 Å². The van der Waals surface area contributed by atoms with Crippen LogP contribution < -0.4 is 4.72 Å². The van der Waals surface area contributed by atoms with Crippen LogP contribution >= 0.6 is 0 Å². The molecule has 0 rings (SSSR count). The molecule has 142 valence electrons. The van der Waals surface area contributed by atoms with E-state index in [1.54, 1.807) is 6.92 Å². The molecule has 0 radical (unpaired) electrons. The predicted molar refractivity (Wildman–Crippen MR) is 81.4 cm³/mol. The molecule has 0 saturated carbocycles. The Balaban J connectivity index is 4.45. The number of rotatable bonds is 10. The van der Waals surface area contributed by atoms with E-state index in [1.165, 1.54) is 0 Å². The zero-order chi connectivity index (χ0) is 19.0. The van der Waals surface area contributed by atoms with Gasteiger partial charge in [0, 0.05) is 5.92 Å². The van der Waals surface area contributed by atoms with Gasteiger partial charge in [0.25, 0.3) is 0 Å². The van der Waals surface area contributed by atoms with Gasteiger partial charge >= 0.3 is 12.1 Å². The number of halogens is 3. The van der Waals surface area contributed by atoms with Gasteiger partial charge in [0.1, 0.15) is 18.3 Å². The fraction of sp³-hybridized carbons (Fsp3) is 0.857. The number of esters is 1. The molecular formula is C14H24F3NO5S. The monoisotopic (exact) mass is 375 g/mol.